The molecule has 0 amide bonds. The summed E-state index contributed by atoms with van der Waals surface area (Å²) in [4.78, 5) is 12.6. The molecular formula is C10H13BrO2S. The summed E-state index contributed by atoms with van der Waals surface area (Å²) in [6.07, 6.45) is 0.783. The average Bonchev–Trinajstić information content (AvgIpc) is 2.60. The molecule has 1 atom stereocenters. The molecule has 0 bridgehead atoms. The second-order valence-corrected chi connectivity index (χ2v) is 5.61. The predicted octanol–water partition coefficient (Wildman–Crippen LogP) is 3.37. The van der Waals surface area contributed by atoms with Crippen molar-refractivity contribution in [1.82, 2.24) is 0 Å². The maximum Gasteiger partial charge on any atom is 0.175 e. The lowest BCUT2D eigenvalue weighted by molar-refractivity contribution is 0.0898. The van der Waals surface area contributed by atoms with Gasteiger partial charge in [0.25, 0.3) is 0 Å². The molecule has 0 N–H and O–H groups in total. The van der Waals surface area contributed by atoms with E-state index in [0.29, 0.717) is 6.61 Å². The van der Waals surface area contributed by atoms with E-state index in [-0.39, 0.29) is 11.7 Å². The Morgan fingerprint density at radius 3 is 2.86 bits per heavy atom. The molecule has 0 radical (unpaired) electrons. The Labute approximate surface area is 96.4 Å². The first kappa shape index (κ1) is 11.9. The van der Waals surface area contributed by atoms with E-state index in [2.05, 4.69) is 15.9 Å². The molecule has 1 aromatic heterocycles. The summed E-state index contributed by atoms with van der Waals surface area (Å²) in [7, 11) is 1.65. The number of Topliss-reactive ketones (excluding diaryl/α,β-unsaturated/α-hetero) is 1. The van der Waals surface area contributed by atoms with Crippen LogP contribution >= 0.6 is 27.3 Å². The molecule has 0 aliphatic rings. The van der Waals surface area contributed by atoms with Crippen molar-refractivity contribution in [3.63, 3.8) is 0 Å². The van der Waals surface area contributed by atoms with Crippen molar-refractivity contribution in [3.8, 4) is 0 Å². The minimum atomic E-state index is 0.0421. The molecule has 0 saturated carbocycles. The Kier molecular flexibility index (Phi) is 4.78. The van der Waals surface area contributed by atoms with Crippen LogP contribution in [-0.2, 0) is 4.74 Å². The van der Waals surface area contributed by atoms with Crippen LogP contribution in [0.2, 0.25) is 0 Å². The Balaban J connectivity index is 2.56. The molecule has 1 rings (SSSR count). The van der Waals surface area contributed by atoms with E-state index in [1.165, 1.54) is 11.3 Å². The summed E-state index contributed by atoms with van der Waals surface area (Å²) in [5, 5.41) is 0. The van der Waals surface area contributed by atoms with Crippen molar-refractivity contribution in [2.24, 2.45) is 5.92 Å². The van der Waals surface area contributed by atoms with Crippen molar-refractivity contribution in [2.75, 3.05) is 13.7 Å². The molecule has 0 aliphatic heterocycles. The van der Waals surface area contributed by atoms with Crippen LogP contribution in [0.1, 0.15) is 23.0 Å². The first-order chi connectivity index (χ1) is 6.65. The summed E-state index contributed by atoms with van der Waals surface area (Å²) < 4.78 is 5.95. The minimum Gasteiger partial charge on any atom is -0.385 e. The number of methoxy groups -OCH3 is 1. The lowest BCUT2D eigenvalue weighted by Gasteiger charge is -2.07. The van der Waals surface area contributed by atoms with Crippen molar-refractivity contribution in [2.45, 2.75) is 13.3 Å². The Bertz CT molecular complexity index is 309. The third kappa shape index (κ3) is 3.19. The van der Waals surface area contributed by atoms with Gasteiger partial charge in [0.05, 0.1) is 8.66 Å². The van der Waals surface area contributed by atoms with Gasteiger partial charge in [0.2, 0.25) is 0 Å². The second-order valence-electron chi connectivity index (χ2n) is 3.15. The molecule has 0 aliphatic carbocycles. The summed E-state index contributed by atoms with van der Waals surface area (Å²) in [5.74, 6) is 0.248. The molecule has 1 aromatic rings. The lowest BCUT2D eigenvalue weighted by atomic mass is 10.0. The highest BCUT2D eigenvalue weighted by Gasteiger charge is 2.16. The molecule has 0 spiro atoms. The van der Waals surface area contributed by atoms with Crippen LogP contribution < -0.4 is 0 Å². The van der Waals surface area contributed by atoms with Gasteiger partial charge in [-0.05, 0) is 34.5 Å². The number of rotatable bonds is 5. The SMILES string of the molecule is COCCC(C)C(=O)c1ccc(Br)s1. The number of halogens is 1. The van der Waals surface area contributed by atoms with Gasteiger partial charge in [-0.1, -0.05) is 6.92 Å². The topological polar surface area (TPSA) is 26.3 Å². The van der Waals surface area contributed by atoms with Crippen LogP contribution in [0.25, 0.3) is 0 Å². The van der Waals surface area contributed by atoms with Crippen LogP contribution in [0.5, 0.6) is 0 Å². The Morgan fingerprint density at radius 1 is 1.64 bits per heavy atom. The van der Waals surface area contributed by atoms with Gasteiger partial charge in [-0.2, -0.15) is 0 Å². The monoisotopic (exact) mass is 276 g/mol. The van der Waals surface area contributed by atoms with Crippen molar-refractivity contribution in [3.05, 3.63) is 20.8 Å². The zero-order chi connectivity index (χ0) is 10.6. The zero-order valence-corrected chi connectivity index (χ0v) is 10.7. The summed E-state index contributed by atoms with van der Waals surface area (Å²) in [5.41, 5.74) is 0. The fourth-order valence-electron chi connectivity index (χ4n) is 1.12. The van der Waals surface area contributed by atoms with Crippen LogP contribution in [0.3, 0.4) is 0 Å². The molecule has 1 unspecified atom stereocenters. The summed E-state index contributed by atoms with van der Waals surface area (Å²) in [6.45, 7) is 2.58. The summed E-state index contributed by atoms with van der Waals surface area (Å²) in [6, 6.07) is 3.77. The average molecular weight is 277 g/mol. The fourth-order valence-corrected chi connectivity index (χ4v) is 2.55. The molecule has 4 heteroatoms. The maximum atomic E-state index is 11.8. The van der Waals surface area contributed by atoms with Crippen molar-refractivity contribution < 1.29 is 9.53 Å². The second kappa shape index (κ2) is 5.63. The fraction of sp³-hybridized carbons (Fsp3) is 0.500. The Hall–Kier alpha value is -0.190. The number of hydrogen-bond donors (Lipinski definition) is 0. The largest absolute Gasteiger partial charge is 0.385 e. The van der Waals surface area contributed by atoms with Gasteiger partial charge in [0, 0.05) is 19.6 Å². The highest BCUT2D eigenvalue weighted by atomic mass is 79.9. The third-order valence-electron chi connectivity index (χ3n) is 2.02. The van der Waals surface area contributed by atoms with Crippen LogP contribution in [0, 0.1) is 5.92 Å². The molecule has 2 nitrogen and oxygen atoms in total. The van der Waals surface area contributed by atoms with E-state index < -0.39 is 0 Å². The standard InChI is InChI=1S/C10H13BrO2S/c1-7(5-6-13-2)10(12)8-3-4-9(11)14-8/h3-4,7H,5-6H2,1-2H3. The van der Waals surface area contributed by atoms with Gasteiger partial charge in [0.15, 0.2) is 5.78 Å². The number of carbonyl (C=O) groups excluding carboxylic acids is 1. The Morgan fingerprint density at radius 2 is 2.36 bits per heavy atom. The van der Waals surface area contributed by atoms with Gasteiger partial charge in [-0.3, -0.25) is 4.79 Å². The van der Waals surface area contributed by atoms with Gasteiger partial charge >= 0.3 is 0 Å². The third-order valence-corrected chi connectivity index (χ3v) is 3.66. The van der Waals surface area contributed by atoms with Crippen molar-refractivity contribution in [1.29, 1.82) is 0 Å². The van der Waals surface area contributed by atoms with E-state index >= 15 is 0 Å². The van der Waals surface area contributed by atoms with E-state index in [9.17, 15) is 4.79 Å². The quantitative estimate of drug-likeness (QED) is 0.771. The summed E-state index contributed by atoms with van der Waals surface area (Å²) >= 11 is 4.83. The zero-order valence-electron chi connectivity index (χ0n) is 8.25. The lowest BCUT2D eigenvalue weighted by Crippen LogP contribution is -2.11. The normalized spacial score (nSPS) is 12.8. The number of ether oxygens (including phenoxy) is 1. The number of carbonyl (C=O) groups is 1. The van der Waals surface area contributed by atoms with Crippen LogP contribution in [0.4, 0.5) is 0 Å². The molecule has 78 valence electrons. The molecule has 0 saturated heterocycles. The first-order valence-corrected chi connectivity index (χ1v) is 6.04. The molecular weight excluding hydrogens is 264 g/mol. The number of ketones is 1. The maximum absolute atomic E-state index is 11.8. The number of hydrogen-bond acceptors (Lipinski definition) is 3. The van der Waals surface area contributed by atoms with Crippen LogP contribution in [-0.4, -0.2) is 19.5 Å². The number of thiophene rings is 1. The molecule has 0 fully saturated rings. The minimum absolute atomic E-state index is 0.0421. The van der Waals surface area contributed by atoms with Crippen molar-refractivity contribution >= 4 is 33.0 Å². The van der Waals surface area contributed by atoms with Gasteiger partial charge in [-0.25, -0.2) is 0 Å². The highest BCUT2D eigenvalue weighted by Crippen LogP contribution is 2.25. The van der Waals surface area contributed by atoms with E-state index in [1.807, 2.05) is 19.1 Å². The highest BCUT2D eigenvalue weighted by molar-refractivity contribution is 9.11. The molecule has 0 aromatic carbocycles. The van der Waals surface area contributed by atoms with E-state index in [0.717, 1.165) is 15.1 Å². The smallest absolute Gasteiger partial charge is 0.175 e. The molecule has 1 heterocycles. The molecule has 14 heavy (non-hydrogen) atoms. The van der Waals surface area contributed by atoms with Gasteiger partial charge < -0.3 is 4.74 Å². The van der Waals surface area contributed by atoms with E-state index in [4.69, 9.17) is 4.74 Å². The van der Waals surface area contributed by atoms with Crippen LogP contribution in [0.15, 0.2) is 15.9 Å². The predicted molar refractivity (Wildman–Crippen MR) is 62.0 cm³/mol. The van der Waals surface area contributed by atoms with E-state index in [1.54, 1.807) is 7.11 Å². The van der Waals surface area contributed by atoms with Gasteiger partial charge in [0.1, 0.15) is 0 Å². The van der Waals surface area contributed by atoms with Gasteiger partial charge in [-0.15, -0.1) is 11.3 Å². The first-order valence-electron chi connectivity index (χ1n) is 4.43.